The second kappa shape index (κ2) is 8.01. The van der Waals surface area contributed by atoms with Crippen molar-refractivity contribution in [2.45, 2.75) is 25.6 Å². The van der Waals surface area contributed by atoms with E-state index in [4.69, 9.17) is 14.0 Å². The number of fused-ring (bicyclic) bond motifs is 1. The Morgan fingerprint density at radius 3 is 2.58 bits per heavy atom. The number of hydrogen-bond acceptors (Lipinski definition) is 10. The molecule has 11 heteroatoms. The Labute approximate surface area is 188 Å². The molecular formula is C22H20N6O5. The number of hydrogen-bond donors (Lipinski definition) is 0. The van der Waals surface area contributed by atoms with Crippen LogP contribution < -0.4 is 14.4 Å². The summed E-state index contributed by atoms with van der Waals surface area (Å²) in [6.07, 6.45) is 0. The van der Waals surface area contributed by atoms with E-state index in [1.165, 1.54) is 19.2 Å². The van der Waals surface area contributed by atoms with Gasteiger partial charge in [-0.05, 0) is 24.6 Å². The van der Waals surface area contributed by atoms with Gasteiger partial charge in [0.25, 0.3) is 11.8 Å². The molecule has 1 aromatic heterocycles. The number of nitrogens with zero attached hydrogens (tertiary/aromatic N) is 6. The summed E-state index contributed by atoms with van der Waals surface area (Å²) in [5.41, 5.74) is 2.22. The standard InChI is InChI=1S/C22H20N6O5/c1-12-6-4-5-7-14(12)20-23-17(33-25-20)11-27-19-18(24-26-27)21(29)28(22(19)30)13-8-9-15(31-2)16(10-13)32-3/h4-10,18-19H,11H2,1-3H3/t18-,19+/m0/s1. The molecule has 3 aromatic rings. The minimum absolute atomic E-state index is 0.0440. The summed E-state index contributed by atoms with van der Waals surface area (Å²) in [7, 11) is 2.99. The van der Waals surface area contributed by atoms with Crippen molar-refractivity contribution in [2.24, 2.45) is 10.3 Å². The summed E-state index contributed by atoms with van der Waals surface area (Å²) >= 11 is 0. The summed E-state index contributed by atoms with van der Waals surface area (Å²) in [4.78, 5) is 31.7. The number of aromatic nitrogens is 2. The predicted octanol–water partition coefficient (Wildman–Crippen LogP) is 2.56. The quantitative estimate of drug-likeness (QED) is 0.527. The van der Waals surface area contributed by atoms with Gasteiger partial charge in [-0.25, -0.2) is 4.90 Å². The number of aryl methyl sites for hydroxylation is 1. The van der Waals surface area contributed by atoms with Gasteiger partial charge < -0.3 is 14.0 Å². The first kappa shape index (κ1) is 20.6. The molecule has 0 aliphatic carbocycles. The smallest absolute Gasteiger partial charge is 0.263 e. The summed E-state index contributed by atoms with van der Waals surface area (Å²) in [6, 6.07) is 10.7. The van der Waals surface area contributed by atoms with Crippen LogP contribution in [-0.2, 0) is 16.1 Å². The summed E-state index contributed by atoms with van der Waals surface area (Å²) in [6.45, 7) is 2.00. The highest BCUT2D eigenvalue weighted by Gasteiger charge is 2.55. The average Bonchev–Trinajstić information content (AvgIpc) is 3.52. The molecular weight excluding hydrogens is 428 g/mol. The van der Waals surface area contributed by atoms with E-state index in [-0.39, 0.29) is 12.4 Å². The lowest BCUT2D eigenvalue weighted by Crippen LogP contribution is -2.39. The van der Waals surface area contributed by atoms with Crippen LogP contribution in [0.1, 0.15) is 11.5 Å². The minimum atomic E-state index is -0.940. The maximum Gasteiger partial charge on any atom is 0.263 e. The molecule has 2 atom stereocenters. The maximum absolute atomic E-state index is 13.2. The van der Waals surface area contributed by atoms with E-state index >= 15 is 0 Å². The number of methoxy groups -OCH3 is 2. The summed E-state index contributed by atoms with van der Waals surface area (Å²) in [5, 5.41) is 13.5. The molecule has 0 saturated carbocycles. The first-order chi connectivity index (χ1) is 16.0. The molecule has 1 saturated heterocycles. The van der Waals surface area contributed by atoms with E-state index in [2.05, 4.69) is 20.5 Å². The fraction of sp³-hybridized carbons (Fsp3) is 0.273. The van der Waals surface area contributed by atoms with Crippen molar-refractivity contribution in [2.75, 3.05) is 19.1 Å². The molecule has 11 nitrogen and oxygen atoms in total. The summed E-state index contributed by atoms with van der Waals surface area (Å²) in [5.74, 6) is 0.688. The third-order valence-corrected chi connectivity index (χ3v) is 5.63. The van der Waals surface area contributed by atoms with Gasteiger partial charge in [0.1, 0.15) is 6.54 Å². The molecule has 2 amide bonds. The van der Waals surface area contributed by atoms with Crippen molar-refractivity contribution in [3.05, 3.63) is 53.9 Å². The second-order valence-corrected chi connectivity index (χ2v) is 7.57. The third kappa shape index (κ3) is 3.37. The number of amides is 2. The highest BCUT2D eigenvalue weighted by atomic mass is 16.5. The van der Waals surface area contributed by atoms with Crippen LogP contribution in [0.2, 0.25) is 0 Å². The lowest BCUT2D eigenvalue weighted by Gasteiger charge is -2.20. The zero-order valence-electron chi connectivity index (χ0n) is 18.1. The number of benzene rings is 2. The van der Waals surface area contributed by atoms with Gasteiger partial charge in [0, 0.05) is 11.6 Å². The van der Waals surface area contributed by atoms with Gasteiger partial charge in [-0.1, -0.05) is 34.6 Å². The van der Waals surface area contributed by atoms with Crippen LogP contribution in [0, 0.1) is 6.92 Å². The van der Waals surface area contributed by atoms with E-state index < -0.39 is 23.9 Å². The zero-order chi connectivity index (χ0) is 23.1. The molecule has 168 valence electrons. The highest BCUT2D eigenvalue weighted by Crippen LogP contribution is 2.37. The van der Waals surface area contributed by atoms with Gasteiger partial charge >= 0.3 is 0 Å². The Hall–Kier alpha value is -4.28. The molecule has 1 fully saturated rings. The normalized spacial score (nSPS) is 19.4. The molecule has 2 aromatic carbocycles. The van der Waals surface area contributed by atoms with Gasteiger partial charge in [-0.2, -0.15) is 10.1 Å². The van der Waals surface area contributed by atoms with Crippen molar-refractivity contribution in [1.82, 2.24) is 15.1 Å². The van der Waals surface area contributed by atoms with Crippen molar-refractivity contribution < 1.29 is 23.6 Å². The SMILES string of the molecule is COc1ccc(N2C(=O)[C@H]3N=NN(Cc4nc(-c5ccccc5C)no4)[C@H]3C2=O)cc1OC. The first-order valence-electron chi connectivity index (χ1n) is 10.2. The number of anilines is 1. The van der Waals surface area contributed by atoms with Crippen LogP contribution in [0.4, 0.5) is 5.69 Å². The van der Waals surface area contributed by atoms with Crippen LogP contribution >= 0.6 is 0 Å². The topological polar surface area (TPSA) is 123 Å². The molecule has 0 radical (unpaired) electrons. The zero-order valence-corrected chi connectivity index (χ0v) is 18.1. The van der Waals surface area contributed by atoms with Gasteiger partial charge in [-0.3, -0.25) is 14.6 Å². The molecule has 0 spiro atoms. The fourth-order valence-corrected chi connectivity index (χ4v) is 3.96. The van der Waals surface area contributed by atoms with Gasteiger partial charge in [0.2, 0.25) is 11.7 Å². The van der Waals surface area contributed by atoms with Crippen LogP contribution in [-0.4, -0.2) is 53.3 Å². The Morgan fingerprint density at radius 2 is 1.82 bits per heavy atom. The average molecular weight is 448 g/mol. The Bertz CT molecular complexity index is 1270. The van der Waals surface area contributed by atoms with E-state index in [0.717, 1.165) is 16.0 Å². The molecule has 3 heterocycles. The molecule has 33 heavy (non-hydrogen) atoms. The largest absolute Gasteiger partial charge is 0.493 e. The van der Waals surface area contributed by atoms with Crippen LogP contribution in [0.3, 0.4) is 0 Å². The maximum atomic E-state index is 13.2. The summed E-state index contributed by atoms with van der Waals surface area (Å²) < 4.78 is 15.9. The van der Waals surface area contributed by atoms with Gasteiger partial charge in [0.05, 0.1) is 19.9 Å². The van der Waals surface area contributed by atoms with E-state index in [1.54, 1.807) is 18.2 Å². The van der Waals surface area contributed by atoms with Gasteiger partial charge in [0.15, 0.2) is 23.6 Å². The van der Waals surface area contributed by atoms with Crippen LogP contribution in [0.15, 0.2) is 57.3 Å². The molecule has 0 bridgehead atoms. The van der Waals surface area contributed by atoms with Crippen LogP contribution in [0.5, 0.6) is 11.5 Å². The lowest BCUT2D eigenvalue weighted by molar-refractivity contribution is -0.123. The molecule has 0 N–H and O–H groups in total. The van der Waals surface area contributed by atoms with Crippen molar-refractivity contribution in [3.63, 3.8) is 0 Å². The first-order valence-corrected chi connectivity index (χ1v) is 10.2. The Morgan fingerprint density at radius 1 is 1.03 bits per heavy atom. The fourth-order valence-electron chi connectivity index (χ4n) is 3.96. The van der Waals surface area contributed by atoms with E-state index in [9.17, 15) is 9.59 Å². The number of rotatable bonds is 6. The number of carbonyl (C=O) groups is 2. The number of carbonyl (C=O) groups excluding carboxylic acids is 2. The van der Waals surface area contributed by atoms with E-state index in [0.29, 0.717) is 23.0 Å². The second-order valence-electron chi connectivity index (χ2n) is 7.57. The monoisotopic (exact) mass is 448 g/mol. The molecule has 5 rings (SSSR count). The third-order valence-electron chi connectivity index (χ3n) is 5.63. The van der Waals surface area contributed by atoms with E-state index in [1.807, 2.05) is 31.2 Å². The Kier molecular flexibility index (Phi) is 5.00. The number of ether oxygens (including phenoxy) is 2. The highest BCUT2D eigenvalue weighted by molar-refractivity contribution is 6.25. The van der Waals surface area contributed by atoms with Crippen LogP contribution in [0.25, 0.3) is 11.4 Å². The molecule has 2 aliphatic rings. The van der Waals surface area contributed by atoms with Crippen molar-refractivity contribution in [1.29, 1.82) is 0 Å². The predicted molar refractivity (Wildman–Crippen MR) is 114 cm³/mol. The van der Waals surface area contributed by atoms with Gasteiger partial charge in [-0.15, -0.1) is 0 Å². The van der Waals surface area contributed by atoms with Crippen molar-refractivity contribution in [3.8, 4) is 22.9 Å². The number of imide groups is 1. The molecule has 0 unspecified atom stereocenters. The minimum Gasteiger partial charge on any atom is -0.493 e. The Balaban J connectivity index is 1.38. The lowest BCUT2D eigenvalue weighted by atomic mass is 10.1. The van der Waals surface area contributed by atoms with Crippen molar-refractivity contribution >= 4 is 17.5 Å². The molecule has 2 aliphatic heterocycles.